The van der Waals surface area contributed by atoms with E-state index in [1.807, 2.05) is 12.1 Å². The van der Waals surface area contributed by atoms with Crippen molar-refractivity contribution in [3.63, 3.8) is 0 Å². The molecule has 0 aliphatic carbocycles. The zero-order valence-corrected chi connectivity index (χ0v) is 20.9. The summed E-state index contributed by atoms with van der Waals surface area (Å²) in [5.41, 5.74) is 3.86. The van der Waals surface area contributed by atoms with Crippen molar-refractivity contribution in [3.8, 4) is 0 Å². The van der Waals surface area contributed by atoms with Crippen LogP contribution in [0.2, 0.25) is 0 Å². The van der Waals surface area contributed by atoms with Crippen LogP contribution in [0.4, 0.5) is 0 Å². The van der Waals surface area contributed by atoms with Gasteiger partial charge in [-0.1, -0.05) is 65.2 Å². The highest BCUT2D eigenvalue weighted by atomic mass is 16.1. The van der Waals surface area contributed by atoms with Gasteiger partial charge >= 0.3 is 0 Å². The van der Waals surface area contributed by atoms with Crippen LogP contribution in [0.3, 0.4) is 0 Å². The van der Waals surface area contributed by atoms with E-state index < -0.39 is 0 Å². The maximum absolute atomic E-state index is 12.8. The quantitative estimate of drug-likeness (QED) is 0.172. The molecule has 0 aliphatic rings. The summed E-state index contributed by atoms with van der Waals surface area (Å²) in [6, 6.07) is 12.2. The van der Waals surface area contributed by atoms with Gasteiger partial charge in [0.25, 0.3) is 0 Å². The van der Waals surface area contributed by atoms with Gasteiger partial charge in [0.15, 0.2) is 11.6 Å². The minimum absolute atomic E-state index is 0.227. The van der Waals surface area contributed by atoms with E-state index >= 15 is 0 Å². The smallest absolute Gasteiger partial charge is 0.162 e. The van der Waals surface area contributed by atoms with Crippen LogP contribution in [0.1, 0.15) is 119 Å². The summed E-state index contributed by atoms with van der Waals surface area (Å²) < 4.78 is 2.28. The van der Waals surface area contributed by atoms with Gasteiger partial charge in [0.05, 0.1) is 0 Å². The first kappa shape index (κ1) is 25.2. The number of unbranched alkanes of at least 4 members (excludes halogenated alkanes) is 8. The standard InChI is InChI=1S/C30H41NO2/c1-4-7-9-11-13-15-29(32)23-17-19-27-25(21-23)26-22-24(18-20-28(26)31(27)6-3)30(33)16-14-12-10-8-5-2/h17-22H,4-16H2,1-3H3. The minimum Gasteiger partial charge on any atom is -0.341 e. The van der Waals surface area contributed by atoms with E-state index in [-0.39, 0.29) is 11.6 Å². The number of aryl methyl sites for hydroxylation is 1. The molecule has 0 unspecified atom stereocenters. The van der Waals surface area contributed by atoms with E-state index in [1.54, 1.807) is 0 Å². The number of Topliss-reactive ketones (excluding diaryl/α,β-unsaturated/α-hetero) is 2. The second-order valence-corrected chi connectivity index (χ2v) is 9.38. The van der Waals surface area contributed by atoms with E-state index in [0.29, 0.717) is 12.8 Å². The summed E-state index contributed by atoms with van der Waals surface area (Å²) in [4.78, 5) is 25.7. The fourth-order valence-corrected chi connectivity index (χ4v) is 4.86. The molecule has 0 N–H and O–H groups in total. The number of fused-ring (bicyclic) bond motifs is 3. The SMILES string of the molecule is CCCCCCCC(=O)c1ccc2c(c1)c1cc(C(=O)CCCCCCC)ccc1n2CC. The van der Waals surface area contributed by atoms with Crippen molar-refractivity contribution in [1.29, 1.82) is 0 Å². The summed E-state index contributed by atoms with van der Waals surface area (Å²) in [6.45, 7) is 7.42. The normalized spacial score (nSPS) is 11.5. The lowest BCUT2D eigenvalue weighted by molar-refractivity contribution is 0.0971. The Balaban J connectivity index is 1.82. The number of nitrogens with zero attached hydrogens (tertiary/aromatic N) is 1. The molecular weight excluding hydrogens is 406 g/mol. The maximum atomic E-state index is 12.8. The first-order chi connectivity index (χ1) is 16.1. The van der Waals surface area contributed by atoms with Crippen LogP contribution in [0, 0.1) is 0 Å². The predicted molar refractivity (Wildman–Crippen MR) is 141 cm³/mol. The molecule has 3 heteroatoms. The summed E-state index contributed by atoms with van der Waals surface area (Å²) in [7, 11) is 0. The second kappa shape index (κ2) is 12.7. The topological polar surface area (TPSA) is 39.1 Å². The average Bonchev–Trinajstić information content (AvgIpc) is 3.15. The van der Waals surface area contributed by atoms with Crippen LogP contribution in [0.25, 0.3) is 21.8 Å². The number of aromatic nitrogens is 1. The van der Waals surface area contributed by atoms with Crippen molar-refractivity contribution in [2.24, 2.45) is 0 Å². The van der Waals surface area contributed by atoms with Crippen molar-refractivity contribution in [3.05, 3.63) is 47.5 Å². The number of ketones is 2. The Morgan fingerprint density at radius 1 is 0.606 bits per heavy atom. The molecule has 2 aromatic carbocycles. The number of benzene rings is 2. The van der Waals surface area contributed by atoms with Gasteiger partial charge in [-0.05, 0) is 56.2 Å². The molecule has 0 aliphatic heterocycles. The molecule has 33 heavy (non-hydrogen) atoms. The van der Waals surface area contributed by atoms with Gasteiger partial charge in [-0.3, -0.25) is 9.59 Å². The molecule has 0 spiro atoms. The molecule has 3 aromatic rings. The van der Waals surface area contributed by atoms with Gasteiger partial charge < -0.3 is 4.57 Å². The second-order valence-electron chi connectivity index (χ2n) is 9.38. The Morgan fingerprint density at radius 2 is 1.03 bits per heavy atom. The molecule has 3 nitrogen and oxygen atoms in total. The van der Waals surface area contributed by atoms with Crippen molar-refractivity contribution in [1.82, 2.24) is 4.57 Å². The fraction of sp³-hybridized carbons (Fsp3) is 0.533. The van der Waals surface area contributed by atoms with Gasteiger partial charge in [0, 0.05) is 52.3 Å². The molecular formula is C30H41NO2. The Bertz CT molecular complexity index is 993. The third-order valence-electron chi connectivity index (χ3n) is 6.84. The summed E-state index contributed by atoms with van der Waals surface area (Å²) >= 11 is 0. The lowest BCUT2D eigenvalue weighted by atomic mass is 9.99. The molecule has 178 valence electrons. The Morgan fingerprint density at radius 3 is 1.42 bits per heavy atom. The molecule has 1 aromatic heterocycles. The van der Waals surface area contributed by atoms with E-state index in [1.165, 1.54) is 38.5 Å². The summed E-state index contributed by atoms with van der Waals surface area (Å²) in [5.74, 6) is 0.454. The molecule has 0 bridgehead atoms. The van der Waals surface area contributed by atoms with Gasteiger partial charge in [-0.25, -0.2) is 0 Å². The molecule has 3 rings (SSSR count). The Kier molecular flexibility index (Phi) is 9.72. The van der Waals surface area contributed by atoms with Crippen molar-refractivity contribution in [2.75, 3.05) is 0 Å². The van der Waals surface area contributed by atoms with E-state index in [2.05, 4.69) is 49.6 Å². The Labute approximate surface area is 199 Å². The number of hydrogen-bond acceptors (Lipinski definition) is 2. The van der Waals surface area contributed by atoms with Gasteiger partial charge in [-0.15, -0.1) is 0 Å². The average molecular weight is 448 g/mol. The van der Waals surface area contributed by atoms with Crippen molar-refractivity contribution >= 4 is 33.4 Å². The predicted octanol–water partition coefficient (Wildman–Crippen LogP) is 8.90. The van der Waals surface area contributed by atoms with Gasteiger partial charge in [0.2, 0.25) is 0 Å². The fourth-order valence-electron chi connectivity index (χ4n) is 4.86. The highest BCUT2D eigenvalue weighted by Gasteiger charge is 2.15. The molecule has 0 fully saturated rings. The van der Waals surface area contributed by atoms with Crippen molar-refractivity contribution in [2.45, 2.75) is 104 Å². The van der Waals surface area contributed by atoms with E-state index in [4.69, 9.17) is 0 Å². The van der Waals surface area contributed by atoms with Crippen LogP contribution in [-0.4, -0.2) is 16.1 Å². The minimum atomic E-state index is 0.227. The third-order valence-corrected chi connectivity index (χ3v) is 6.84. The maximum Gasteiger partial charge on any atom is 0.162 e. The van der Waals surface area contributed by atoms with Crippen LogP contribution in [0.5, 0.6) is 0 Å². The van der Waals surface area contributed by atoms with Crippen LogP contribution >= 0.6 is 0 Å². The van der Waals surface area contributed by atoms with Gasteiger partial charge in [-0.2, -0.15) is 0 Å². The molecule has 1 heterocycles. The first-order valence-corrected chi connectivity index (χ1v) is 13.2. The lowest BCUT2D eigenvalue weighted by Crippen LogP contribution is -1.99. The van der Waals surface area contributed by atoms with Gasteiger partial charge in [0.1, 0.15) is 0 Å². The monoisotopic (exact) mass is 447 g/mol. The van der Waals surface area contributed by atoms with E-state index in [9.17, 15) is 9.59 Å². The molecule has 0 saturated carbocycles. The number of rotatable bonds is 15. The number of carbonyl (C=O) groups excluding carboxylic acids is 2. The molecule has 0 atom stereocenters. The Hall–Kier alpha value is -2.42. The van der Waals surface area contributed by atoms with Crippen LogP contribution in [-0.2, 0) is 6.54 Å². The van der Waals surface area contributed by atoms with Crippen LogP contribution < -0.4 is 0 Å². The van der Waals surface area contributed by atoms with Crippen LogP contribution in [0.15, 0.2) is 36.4 Å². The largest absolute Gasteiger partial charge is 0.341 e. The molecule has 0 saturated heterocycles. The van der Waals surface area contributed by atoms with E-state index in [0.717, 1.165) is 65.2 Å². The highest BCUT2D eigenvalue weighted by Crippen LogP contribution is 2.31. The first-order valence-electron chi connectivity index (χ1n) is 13.2. The summed E-state index contributed by atoms with van der Waals surface area (Å²) in [6.07, 6.45) is 12.8. The molecule has 0 radical (unpaired) electrons. The number of carbonyl (C=O) groups is 2. The van der Waals surface area contributed by atoms with Crippen molar-refractivity contribution < 1.29 is 9.59 Å². The summed E-state index contributed by atoms with van der Waals surface area (Å²) in [5, 5.41) is 2.17. The zero-order chi connectivity index (χ0) is 23.6. The zero-order valence-electron chi connectivity index (χ0n) is 20.9. The number of hydrogen-bond donors (Lipinski definition) is 0. The lowest BCUT2D eigenvalue weighted by Gasteiger charge is -2.05. The third kappa shape index (κ3) is 6.34. The highest BCUT2D eigenvalue weighted by molar-refractivity contribution is 6.13. The molecule has 0 amide bonds.